The van der Waals surface area contributed by atoms with Crippen molar-refractivity contribution in [2.24, 2.45) is 0 Å². The Balaban J connectivity index is 1.62. The molecule has 2 heterocycles. The SMILES string of the molecule is CCN(Cc1ccncc1)C1CCN(c2ccc(Cl)cc2Cl)C(c2ccc(Cl)cc2)C1. The number of benzene rings is 2. The van der Waals surface area contributed by atoms with E-state index < -0.39 is 0 Å². The molecule has 1 aliphatic heterocycles. The molecule has 4 rings (SSSR count). The van der Waals surface area contributed by atoms with Gasteiger partial charge in [0.05, 0.1) is 16.8 Å². The average molecular weight is 475 g/mol. The van der Waals surface area contributed by atoms with Crippen LogP contribution in [-0.4, -0.2) is 29.0 Å². The van der Waals surface area contributed by atoms with Gasteiger partial charge in [-0.3, -0.25) is 9.88 Å². The number of halogens is 3. The Labute approximate surface area is 199 Å². The zero-order valence-electron chi connectivity index (χ0n) is 17.5. The lowest BCUT2D eigenvalue weighted by Crippen LogP contribution is -2.46. The molecular weight excluding hydrogens is 449 g/mol. The van der Waals surface area contributed by atoms with Gasteiger partial charge in [-0.15, -0.1) is 0 Å². The Bertz CT molecular complexity index is 995. The van der Waals surface area contributed by atoms with Gasteiger partial charge in [-0.05, 0) is 73.0 Å². The molecule has 2 unspecified atom stereocenters. The first-order chi connectivity index (χ1) is 15.0. The molecule has 0 spiro atoms. The van der Waals surface area contributed by atoms with E-state index in [1.165, 1.54) is 11.1 Å². The van der Waals surface area contributed by atoms with Crippen LogP contribution in [0.2, 0.25) is 15.1 Å². The maximum atomic E-state index is 6.61. The normalized spacial score (nSPS) is 19.1. The molecule has 0 amide bonds. The molecule has 0 saturated carbocycles. The summed E-state index contributed by atoms with van der Waals surface area (Å²) in [6.07, 6.45) is 5.82. The van der Waals surface area contributed by atoms with Crippen molar-refractivity contribution in [3.05, 3.63) is 93.2 Å². The number of nitrogens with zero attached hydrogens (tertiary/aromatic N) is 3. The molecule has 0 bridgehead atoms. The first kappa shape index (κ1) is 22.4. The fourth-order valence-corrected chi connectivity index (χ4v) is 5.15. The number of hydrogen-bond acceptors (Lipinski definition) is 3. The van der Waals surface area contributed by atoms with E-state index in [1.54, 1.807) is 0 Å². The molecule has 1 aliphatic rings. The largest absolute Gasteiger partial charge is 0.363 e. The second kappa shape index (κ2) is 10.2. The maximum absolute atomic E-state index is 6.61. The van der Waals surface area contributed by atoms with Crippen LogP contribution in [0, 0.1) is 0 Å². The monoisotopic (exact) mass is 473 g/mol. The van der Waals surface area contributed by atoms with Gasteiger partial charge in [-0.1, -0.05) is 53.9 Å². The molecule has 6 heteroatoms. The lowest BCUT2D eigenvalue weighted by Gasteiger charge is -2.45. The molecule has 1 saturated heterocycles. The van der Waals surface area contributed by atoms with Crippen LogP contribution in [0.15, 0.2) is 67.0 Å². The van der Waals surface area contributed by atoms with Crippen LogP contribution < -0.4 is 4.90 Å². The first-order valence-corrected chi connectivity index (χ1v) is 11.8. The molecular formula is C25H26Cl3N3. The Morgan fingerprint density at radius 1 is 0.968 bits per heavy atom. The van der Waals surface area contributed by atoms with Gasteiger partial charge < -0.3 is 4.90 Å². The van der Waals surface area contributed by atoms with Crippen molar-refractivity contribution in [3.8, 4) is 0 Å². The Morgan fingerprint density at radius 2 is 1.68 bits per heavy atom. The summed E-state index contributed by atoms with van der Waals surface area (Å²) in [6.45, 7) is 5.09. The lowest BCUT2D eigenvalue weighted by atomic mass is 9.90. The van der Waals surface area contributed by atoms with Gasteiger partial charge in [0.25, 0.3) is 0 Å². The molecule has 2 atom stereocenters. The Morgan fingerprint density at radius 3 is 2.35 bits per heavy atom. The zero-order valence-corrected chi connectivity index (χ0v) is 19.8. The minimum atomic E-state index is 0.209. The summed E-state index contributed by atoms with van der Waals surface area (Å²) >= 11 is 18.9. The maximum Gasteiger partial charge on any atom is 0.0654 e. The molecule has 1 aromatic heterocycles. The van der Waals surface area contributed by atoms with Crippen LogP contribution in [0.4, 0.5) is 5.69 Å². The number of pyridine rings is 1. The fourth-order valence-electron chi connectivity index (χ4n) is 4.50. The molecule has 0 radical (unpaired) electrons. The van der Waals surface area contributed by atoms with Gasteiger partial charge in [0.15, 0.2) is 0 Å². The van der Waals surface area contributed by atoms with Gasteiger partial charge in [-0.2, -0.15) is 0 Å². The Hall–Kier alpha value is -1.78. The van der Waals surface area contributed by atoms with Crippen LogP contribution >= 0.6 is 34.8 Å². The quantitative estimate of drug-likeness (QED) is 0.374. The molecule has 3 nitrogen and oxygen atoms in total. The van der Waals surface area contributed by atoms with Crippen molar-refractivity contribution in [2.45, 2.75) is 38.4 Å². The molecule has 0 aliphatic carbocycles. The second-order valence-electron chi connectivity index (χ2n) is 7.95. The number of piperidine rings is 1. The van der Waals surface area contributed by atoms with E-state index in [-0.39, 0.29) is 6.04 Å². The highest BCUT2D eigenvalue weighted by Crippen LogP contribution is 2.40. The van der Waals surface area contributed by atoms with Crippen LogP contribution in [0.1, 0.15) is 36.9 Å². The third kappa shape index (κ3) is 5.35. The number of rotatable bonds is 6. The molecule has 3 aromatic rings. The van der Waals surface area contributed by atoms with Crippen molar-refractivity contribution in [3.63, 3.8) is 0 Å². The summed E-state index contributed by atoms with van der Waals surface area (Å²) in [4.78, 5) is 9.13. The fraction of sp³-hybridized carbons (Fsp3) is 0.320. The predicted octanol–water partition coefficient (Wildman–Crippen LogP) is 7.27. The van der Waals surface area contributed by atoms with E-state index in [2.05, 4.69) is 46.0 Å². The Kier molecular flexibility index (Phi) is 7.39. The van der Waals surface area contributed by atoms with Gasteiger partial charge >= 0.3 is 0 Å². The van der Waals surface area contributed by atoms with Crippen LogP contribution in [0.5, 0.6) is 0 Å². The van der Waals surface area contributed by atoms with Crippen molar-refractivity contribution in [1.29, 1.82) is 0 Å². The highest BCUT2D eigenvalue weighted by molar-refractivity contribution is 6.36. The highest BCUT2D eigenvalue weighted by atomic mass is 35.5. The minimum Gasteiger partial charge on any atom is -0.363 e. The predicted molar refractivity (Wildman–Crippen MR) is 131 cm³/mol. The number of anilines is 1. The van der Waals surface area contributed by atoms with E-state index in [0.29, 0.717) is 16.1 Å². The minimum absolute atomic E-state index is 0.209. The smallest absolute Gasteiger partial charge is 0.0654 e. The van der Waals surface area contributed by atoms with E-state index in [9.17, 15) is 0 Å². The molecule has 1 fully saturated rings. The van der Waals surface area contributed by atoms with Crippen LogP contribution in [0.3, 0.4) is 0 Å². The molecule has 31 heavy (non-hydrogen) atoms. The van der Waals surface area contributed by atoms with Crippen molar-refractivity contribution >= 4 is 40.5 Å². The molecule has 2 aromatic carbocycles. The van der Waals surface area contributed by atoms with Crippen molar-refractivity contribution in [1.82, 2.24) is 9.88 Å². The summed E-state index contributed by atoms with van der Waals surface area (Å²) in [5, 5.41) is 2.09. The lowest BCUT2D eigenvalue weighted by molar-refractivity contribution is 0.154. The summed E-state index contributed by atoms with van der Waals surface area (Å²) in [6, 6.07) is 18.8. The summed E-state index contributed by atoms with van der Waals surface area (Å²) in [7, 11) is 0. The standard InChI is InChI=1S/C25H26Cl3N3/c1-2-30(17-18-9-12-29-13-10-18)22-11-14-31(24-8-7-21(27)15-23(24)28)25(16-22)19-3-5-20(26)6-4-19/h3-10,12-13,15,22,25H,2,11,14,16-17H2,1H3. The summed E-state index contributed by atoms with van der Waals surface area (Å²) in [5.41, 5.74) is 3.57. The first-order valence-electron chi connectivity index (χ1n) is 10.6. The third-order valence-corrected chi connectivity index (χ3v) is 6.90. The molecule has 0 N–H and O–H groups in total. The van der Waals surface area contributed by atoms with Crippen LogP contribution in [0.25, 0.3) is 0 Å². The zero-order chi connectivity index (χ0) is 21.8. The topological polar surface area (TPSA) is 19.4 Å². The third-order valence-electron chi connectivity index (χ3n) is 6.11. The van der Waals surface area contributed by atoms with Crippen molar-refractivity contribution in [2.75, 3.05) is 18.0 Å². The van der Waals surface area contributed by atoms with Gasteiger partial charge in [0.2, 0.25) is 0 Å². The van der Waals surface area contributed by atoms with Crippen LogP contribution in [-0.2, 0) is 6.54 Å². The van der Waals surface area contributed by atoms with Gasteiger partial charge in [-0.25, -0.2) is 0 Å². The number of hydrogen-bond donors (Lipinski definition) is 0. The van der Waals surface area contributed by atoms with Gasteiger partial charge in [0, 0.05) is 41.6 Å². The van der Waals surface area contributed by atoms with E-state index in [1.807, 2.05) is 42.7 Å². The molecule has 162 valence electrons. The van der Waals surface area contributed by atoms with E-state index in [0.717, 1.165) is 43.2 Å². The van der Waals surface area contributed by atoms with Crippen molar-refractivity contribution < 1.29 is 0 Å². The summed E-state index contributed by atoms with van der Waals surface area (Å²) in [5.74, 6) is 0. The summed E-state index contributed by atoms with van der Waals surface area (Å²) < 4.78 is 0. The van der Waals surface area contributed by atoms with E-state index in [4.69, 9.17) is 34.8 Å². The van der Waals surface area contributed by atoms with E-state index >= 15 is 0 Å². The second-order valence-corrected chi connectivity index (χ2v) is 9.23. The highest BCUT2D eigenvalue weighted by Gasteiger charge is 2.33. The average Bonchev–Trinajstić information content (AvgIpc) is 2.79. The number of aromatic nitrogens is 1. The van der Waals surface area contributed by atoms with Gasteiger partial charge in [0.1, 0.15) is 0 Å².